The smallest absolute Gasteiger partial charge is 0.374 e. The van der Waals surface area contributed by atoms with E-state index in [2.05, 4.69) is 4.98 Å². The van der Waals surface area contributed by atoms with Crippen molar-refractivity contribution < 1.29 is 95.6 Å². The molecule has 62 heavy (non-hydrogen) atoms. The summed E-state index contributed by atoms with van der Waals surface area (Å²) in [6.07, 6.45) is -11.1. The first-order valence-corrected chi connectivity index (χ1v) is 19.5. The summed E-state index contributed by atoms with van der Waals surface area (Å²) in [5, 5.41) is 25.3. The number of pyridine rings is 1. The molecule has 1 spiro atoms. The minimum absolute atomic E-state index is 0.0760. The maximum atomic E-state index is 14.4. The third kappa shape index (κ3) is 7.54. The second kappa shape index (κ2) is 16.4. The number of carbonyl (C=O) groups excluding carboxylic acids is 8. The average molecular weight is 874 g/mol. The number of furan rings is 1. The van der Waals surface area contributed by atoms with Crippen LogP contribution >= 0.6 is 0 Å². The molecule has 3 fully saturated rings. The van der Waals surface area contributed by atoms with Crippen LogP contribution in [0.3, 0.4) is 0 Å². The normalized spacial score (nSPS) is 36.3. The maximum absolute atomic E-state index is 14.4. The molecule has 6 rings (SSSR count). The van der Waals surface area contributed by atoms with Gasteiger partial charge in [0.2, 0.25) is 5.76 Å². The van der Waals surface area contributed by atoms with E-state index in [1.165, 1.54) is 37.4 Å². The Morgan fingerprint density at radius 1 is 0.790 bits per heavy atom. The van der Waals surface area contributed by atoms with E-state index in [0.717, 1.165) is 54.7 Å². The topological polar surface area (TPSA) is 286 Å². The van der Waals surface area contributed by atoms with E-state index < -0.39 is 144 Å². The van der Waals surface area contributed by atoms with Crippen molar-refractivity contribution in [3.8, 4) is 0 Å². The highest BCUT2D eigenvalue weighted by Gasteiger charge is 2.92. The zero-order chi connectivity index (χ0) is 45.7. The van der Waals surface area contributed by atoms with Gasteiger partial charge in [-0.15, -0.1) is 0 Å². The van der Waals surface area contributed by atoms with E-state index >= 15 is 0 Å². The standard InChI is InChI=1S/C41H47NO20/c1-19(43)54-18-40-32(58-22(4)46)28(56-20(2)44)27-30(57-21(3)45)41(40)39(8,52)31(29(33(40)59-23(5)47)60-35(49)26-12-10-16-53-26)61-36(50)37(6,51)14-13-25-24(11-9-15-42-25)34(48)55-17-38(27,7)62-41/h9-12,15-16,27-33,51-52H,13-14,17-18H2,1-8H3/t27-,28-,29+,30-,31+,32-,33+,37+,38+,39+,40-,41+/m1/s1. The van der Waals surface area contributed by atoms with Crippen LogP contribution in [-0.4, -0.2) is 135 Å². The fourth-order valence-electron chi connectivity index (χ4n) is 9.54. The van der Waals surface area contributed by atoms with Gasteiger partial charge in [-0.2, -0.15) is 0 Å². The second-order valence-electron chi connectivity index (χ2n) is 16.3. The van der Waals surface area contributed by atoms with Crippen molar-refractivity contribution in [2.75, 3.05) is 13.2 Å². The number of nitrogens with zero attached hydrogens (tertiary/aromatic N) is 1. The van der Waals surface area contributed by atoms with E-state index in [1.54, 1.807) is 0 Å². The van der Waals surface area contributed by atoms with Crippen LogP contribution in [0.4, 0.5) is 0 Å². The number of ether oxygens (including phenoxy) is 9. The molecule has 2 aliphatic carbocycles. The van der Waals surface area contributed by atoms with Crippen molar-refractivity contribution in [3.05, 3.63) is 53.7 Å². The van der Waals surface area contributed by atoms with Crippen LogP contribution in [0.5, 0.6) is 0 Å². The molecule has 2 saturated carbocycles. The first-order valence-electron chi connectivity index (χ1n) is 19.5. The number of rotatable bonds is 8. The Balaban J connectivity index is 1.79. The minimum Gasteiger partial charge on any atom is -0.465 e. The molecule has 336 valence electrons. The monoisotopic (exact) mass is 873 g/mol. The Morgan fingerprint density at radius 2 is 1.40 bits per heavy atom. The van der Waals surface area contributed by atoms with Gasteiger partial charge in [0.05, 0.1) is 23.4 Å². The maximum Gasteiger partial charge on any atom is 0.374 e. The van der Waals surface area contributed by atoms with Crippen LogP contribution < -0.4 is 0 Å². The molecule has 1 saturated heterocycles. The Bertz CT molecular complexity index is 2150. The van der Waals surface area contributed by atoms with Crippen molar-refractivity contribution >= 4 is 47.8 Å². The molecule has 21 heteroatoms. The van der Waals surface area contributed by atoms with E-state index in [1.807, 2.05) is 0 Å². The number of fused-ring (bicyclic) bond motifs is 5. The molecule has 4 bridgehead atoms. The van der Waals surface area contributed by atoms with Gasteiger partial charge < -0.3 is 57.3 Å². The molecule has 12 atom stereocenters. The van der Waals surface area contributed by atoms with Crippen molar-refractivity contribution in [2.45, 2.75) is 127 Å². The lowest BCUT2D eigenvalue weighted by Crippen LogP contribution is -2.89. The number of cyclic esters (lactones) is 1. The number of aromatic nitrogens is 1. The lowest BCUT2D eigenvalue weighted by atomic mass is 9.45. The van der Waals surface area contributed by atoms with Gasteiger partial charge in [0.15, 0.2) is 35.6 Å². The molecule has 0 aromatic carbocycles. The molecule has 0 radical (unpaired) electrons. The SMILES string of the molecule is CC(=O)OC[C@]12[C@H](OC(C)=O)[C@H](OC(C)=O)[C@@H]3[C@@H](OC(C)=O)[C@@]14O[C@@]3(C)COC(=O)c1cccnc1CC[C@](C)(O)C(=O)O[C@@H]([C@H](OC(=O)c1ccco1)[C@@H]2OC(C)=O)[C@]4(C)O. The lowest BCUT2D eigenvalue weighted by molar-refractivity contribution is -0.386. The largest absolute Gasteiger partial charge is 0.465 e. The molecule has 2 aliphatic heterocycles. The number of hydrogen-bond donors (Lipinski definition) is 2. The summed E-state index contributed by atoms with van der Waals surface area (Å²) in [5.74, 6) is -11.2. The van der Waals surface area contributed by atoms with Crippen molar-refractivity contribution in [3.63, 3.8) is 0 Å². The number of aliphatic hydroxyl groups is 2. The van der Waals surface area contributed by atoms with Gasteiger partial charge in [-0.1, -0.05) is 0 Å². The summed E-state index contributed by atoms with van der Waals surface area (Å²) in [4.78, 5) is 113. The Labute approximate surface area is 353 Å². The van der Waals surface area contributed by atoms with Crippen LogP contribution in [-0.2, 0) is 77.8 Å². The molecule has 2 aromatic rings. The first-order chi connectivity index (χ1) is 28.9. The zero-order valence-corrected chi connectivity index (χ0v) is 35.0. The van der Waals surface area contributed by atoms with Crippen LogP contribution in [0.2, 0.25) is 0 Å². The van der Waals surface area contributed by atoms with Gasteiger partial charge in [0.25, 0.3) is 0 Å². The number of carbonyl (C=O) groups is 8. The summed E-state index contributed by atoms with van der Waals surface area (Å²) >= 11 is 0. The van der Waals surface area contributed by atoms with Gasteiger partial charge in [-0.3, -0.25) is 29.0 Å². The van der Waals surface area contributed by atoms with Crippen LogP contribution in [0, 0.1) is 11.3 Å². The van der Waals surface area contributed by atoms with Gasteiger partial charge in [-0.25, -0.2) is 14.4 Å². The van der Waals surface area contributed by atoms with Gasteiger partial charge in [0, 0.05) is 40.8 Å². The predicted molar refractivity (Wildman–Crippen MR) is 199 cm³/mol. The summed E-state index contributed by atoms with van der Waals surface area (Å²) in [5.41, 5.74) is -13.3. The third-order valence-corrected chi connectivity index (χ3v) is 11.9. The number of hydrogen-bond acceptors (Lipinski definition) is 21. The summed E-state index contributed by atoms with van der Waals surface area (Å²) in [6.45, 7) is 6.22. The fraction of sp³-hybridized carbons (Fsp3) is 0.585. The highest BCUT2D eigenvalue weighted by molar-refractivity contribution is 5.90. The van der Waals surface area contributed by atoms with Gasteiger partial charge >= 0.3 is 47.8 Å². The Morgan fingerprint density at radius 3 is 1.98 bits per heavy atom. The molecule has 4 heterocycles. The van der Waals surface area contributed by atoms with Crippen molar-refractivity contribution in [1.82, 2.24) is 4.98 Å². The second-order valence-corrected chi connectivity index (χ2v) is 16.3. The van der Waals surface area contributed by atoms with Crippen molar-refractivity contribution in [2.24, 2.45) is 11.3 Å². The van der Waals surface area contributed by atoms with Crippen LogP contribution in [0.25, 0.3) is 0 Å². The van der Waals surface area contributed by atoms with Crippen LogP contribution in [0.15, 0.2) is 41.1 Å². The quantitative estimate of drug-likeness (QED) is 0.275. The fourth-order valence-corrected chi connectivity index (χ4v) is 9.54. The predicted octanol–water partition coefficient (Wildman–Crippen LogP) is 0.864. The Hall–Kier alpha value is -5.93. The molecule has 0 amide bonds. The molecular formula is C41H47NO20. The summed E-state index contributed by atoms with van der Waals surface area (Å²) < 4.78 is 59.8. The minimum atomic E-state index is -3.01. The van der Waals surface area contributed by atoms with E-state index in [9.17, 15) is 48.6 Å². The molecular weight excluding hydrogens is 826 g/mol. The molecule has 2 N–H and O–H groups in total. The first kappa shape index (κ1) is 45.6. The van der Waals surface area contributed by atoms with Gasteiger partial charge in [0.1, 0.15) is 42.0 Å². The number of aryl methyl sites for hydroxylation is 1. The van der Waals surface area contributed by atoms with Crippen LogP contribution in [0.1, 0.15) is 88.4 Å². The van der Waals surface area contributed by atoms with Crippen molar-refractivity contribution in [1.29, 1.82) is 0 Å². The third-order valence-electron chi connectivity index (χ3n) is 11.9. The average Bonchev–Trinajstić information content (AvgIpc) is 3.79. The highest BCUT2D eigenvalue weighted by atomic mass is 16.7. The van der Waals surface area contributed by atoms with Gasteiger partial charge in [-0.05, 0) is 57.9 Å². The van der Waals surface area contributed by atoms with E-state index in [0.29, 0.717) is 0 Å². The zero-order valence-electron chi connectivity index (χ0n) is 35.0. The molecule has 2 aromatic heterocycles. The number of esters is 8. The highest BCUT2D eigenvalue weighted by Crippen LogP contribution is 2.70. The molecule has 21 nitrogen and oxygen atoms in total. The molecule has 4 aliphatic rings. The Kier molecular flexibility index (Phi) is 12.1. The molecule has 0 unspecified atom stereocenters. The lowest BCUT2D eigenvalue weighted by Gasteiger charge is -2.67. The van der Waals surface area contributed by atoms with E-state index in [-0.39, 0.29) is 17.7 Å². The summed E-state index contributed by atoms with van der Waals surface area (Å²) in [7, 11) is 0. The summed E-state index contributed by atoms with van der Waals surface area (Å²) in [6, 6.07) is 5.32. The van der Waals surface area contributed by atoms with E-state index in [4.69, 9.17) is 47.0 Å².